The molecule has 0 saturated heterocycles. The molecule has 17 heavy (non-hydrogen) atoms. The van der Waals surface area contributed by atoms with Gasteiger partial charge < -0.3 is 10.6 Å². The lowest BCUT2D eigenvalue weighted by molar-refractivity contribution is -0.120. The van der Waals surface area contributed by atoms with Crippen molar-refractivity contribution in [2.45, 2.75) is 24.3 Å². The standard InChI is InChI=1S/C13H20N2OS/c1-14-10-11-5-7-12(8-6-11)17-9-3-4-13(16)15-2/h5-8,14H,3-4,9-10H2,1-2H3,(H,15,16). The van der Waals surface area contributed by atoms with Crippen LogP contribution in [-0.2, 0) is 11.3 Å². The van der Waals surface area contributed by atoms with Crippen LogP contribution in [0.2, 0.25) is 0 Å². The van der Waals surface area contributed by atoms with E-state index >= 15 is 0 Å². The summed E-state index contributed by atoms with van der Waals surface area (Å²) in [5.41, 5.74) is 1.29. The summed E-state index contributed by atoms with van der Waals surface area (Å²) >= 11 is 1.80. The first-order chi connectivity index (χ1) is 8.26. The van der Waals surface area contributed by atoms with Gasteiger partial charge in [-0.3, -0.25) is 4.79 Å². The van der Waals surface area contributed by atoms with Crippen LogP contribution >= 0.6 is 11.8 Å². The van der Waals surface area contributed by atoms with Gasteiger partial charge in [-0.1, -0.05) is 12.1 Å². The van der Waals surface area contributed by atoms with E-state index in [0.717, 1.165) is 18.7 Å². The minimum Gasteiger partial charge on any atom is -0.359 e. The highest BCUT2D eigenvalue weighted by molar-refractivity contribution is 7.99. The van der Waals surface area contributed by atoms with Crippen molar-refractivity contribution in [2.75, 3.05) is 19.8 Å². The molecule has 1 amide bonds. The minimum atomic E-state index is 0.120. The molecule has 0 unspecified atom stereocenters. The Labute approximate surface area is 107 Å². The van der Waals surface area contributed by atoms with Crippen LogP contribution < -0.4 is 10.6 Å². The molecule has 0 spiro atoms. The third kappa shape index (κ3) is 5.75. The number of hydrogen-bond donors (Lipinski definition) is 2. The van der Waals surface area contributed by atoms with Crippen molar-refractivity contribution in [1.82, 2.24) is 10.6 Å². The maximum atomic E-state index is 11.0. The Hall–Kier alpha value is -1.00. The highest BCUT2D eigenvalue weighted by atomic mass is 32.2. The first kappa shape index (κ1) is 14.1. The summed E-state index contributed by atoms with van der Waals surface area (Å²) < 4.78 is 0. The average Bonchev–Trinajstić information content (AvgIpc) is 2.36. The summed E-state index contributed by atoms with van der Waals surface area (Å²) in [4.78, 5) is 12.3. The number of carbonyl (C=O) groups excluding carboxylic acids is 1. The van der Waals surface area contributed by atoms with Crippen LogP contribution in [0.3, 0.4) is 0 Å². The van der Waals surface area contributed by atoms with E-state index in [9.17, 15) is 4.79 Å². The Kier molecular flexibility index (Phi) is 6.74. The highest BCUT2D eigenvalue weighted by Crippen LogP contribution is 2.19. The van der Waals surface area contributed by atoms with Crippen molar-refractivity contribution < 1.29 is 4.79 Å². The molecule has 0 aliphatic carbocycles. The maximum absolute atomic E-state index is 11.0. The molecule has 1 aromatic carbocycles. The Bertz CT molecular complexity index is 338. The third-order valence-electron chi connectivity index (χ3n) is 2.40. The summed E-state index contributed by atoms with van der Waals surface area (Å²) in [5, 5.41) is 5.75. The molecule has 0 radical (unpaired) electrons. The van der Waals surface area contributed by atoms with E-state index < -0.39 is 0 Å². The van der Waals surface area contributed by atoms with E-state index in [1.54, 1.807) is 18.8 Å². The number of carbonyl (C=O) groups is 1. The molecule has 2 N–H and O–H groups in total. The lowest BCUT2D eigenvalue weighted by atomic mass is 10.2. The molecule has 1 rings (SSSR count). The SMILES string of the molecule is CNCc1ccc(SCCCC(=O)NC)cc1. The lowest BCUT2D eigenvalue weighted by Gasteiger charge is -2.04. The van der Waals surface area contributed by atoms with Crippen LogP contribution in [-0.4, -0.2) is 25.8 Å². The lowest BCUT2D eigenvalue weighted by Crippen LogP contribution is -2.17. The fraction of sp³-hybridized carbons (Fsp3) is 0.462. The van der Waals surface area contributed by atoms with Gasteiger partial charge >= 0.3 is 0 Å². The Morgan fingerprint density at radius 1 is 1.24 bits per heavy atom. The number of amides is 1. The van der Waals surface area contributed by atoms with Gasteiger partial charge in [-0.15, -0.1) is 11.8 Å². The first-order valence-electron chi connectivity index (χ1n) is 5.83. The van der Waals surface area contributed by atoms with E-state index in [1.165, 1.54) is 10.5 Å². The molecule has 0 saturated carbocycles. The fourth-order valence-electron chi connectivity index (χ4n) is 1.46. The quantitative estimate of drug-likeness (QED) is 0.576. The van der Waals surface area contributed by atoms with Crippen LogP contribution in [0.15, 0.2) is 29.2 Å². The minimum absolute atomic E-state index is 0.120. The van der Waals surface area contributed by atoms with E-state index in [-0.39, 0.29) is 5.91 Å². The zero-order valence-electron chi connectivity index (χ0n) is 10.5. The smallest absolute Gasteiger partial charge is 0.219 e. The predicted molar refractivity (Wildman–Crippen MR) is 73.2 cm³/mol. The topological polar surface area (TPSA) is 41.1 Å². The van der Waals surface area contributed by atoms with Gasteiger partial charge in [-0.05, 0) is 36.9 Å². The molecule has 4 heteroatoms. The van der Waals surface area contributed by atoms with Crippen molar-refractivity contribution in [3.63, 3.8) is 0 Å². The van der Waals surface area contributed by atoms with Crippen molar-refractivity contribution in [1.29, 1.82) is 0 Å². The van der Waals surface area contributed by atoms with Gasteiger partial charge in [0, 0.05) is 24.9 Å². The summed E-state index contributed by atoms with van der Waals surface area (Å²) in [7, 11) is 3.62. The number of thioether (sulfide) groups is 1. The van der Waals surface area contributed by atoms with Gasteiger partial charge in [0.25, 0.3) is 0 Å². The van der Waals surface area contributed by atoms with Gasteiger partial charge in [0.05, 0.1) is 0 Å². The van der Waals surface area contributed by atoms with Crippen molar-refractivity contribution >= 4 is 17.7 Å². The molecule has 3 nitrogen and oxygen atoms in total. The zero-order chi connectivity index (χ0) is 12.5. The second-order valence-electron chi connectivity index (χ2n) is 3.80. The fourth-order valence-corrected chi connectivity index (χ4v) is 2.31. The molecule has 0 bridgehead atoms. The Morgan fingerprint density at radius 3 is 2.53 bits per heavy atom. The van der Waals surface area contributed by atoms with Gasteiger partial charge in [-0.25, -0.2) is 0 Å². The van der Waals surface area contributed by atoms with Crippen molar-refractivity contribution in [3.8, 4) is 0 Å². The Balaban J connectivity index is 2.25. The van der Waals surface area contributed by atoms with E-state index in [2.05, 4.69) is 34.9 Å². The first-order valence-corrected chi connectivity index (χ1v) is 6.81. The second kappa shape index (κ2) is 8.14. The van der Waals surface area contributed by atoms with Crippen molar-refractivity contribution in [2.24, 2.45) is 0 Å². The Morgan fingerprint density at radius 2 is 1.94 bits per heavy atom. The van der Waals surface area contributed by atoms with Gasteiger partial charge in [-0.2, -0.15) is 0 Å². The highest BCUT2D eigenvalue weighted by Gasteiger charge is 1.99. The second-order valence-corrected chi connectivity index (χ2v) is 4.97. The maximum Gasteiger partial charge on any atom is 0.219 e. The molecular weight excluding hydrogens is 232 g/mol. The molecule has 0 heterocycles. The van der Waals surface area contributed by atoms with E-state index in [1.807, 2.05) is 7.05 Å². The normalized spacial score (nSPS) is 10.2. The van der Waals surface area contributed by atoms with Crippen LogP contribution in [0.5, 0.6) is 0 Å². The molecule has 0 atom stereocenters. The van der Waals surface area contributed by atoms with E-state index in [0.29, 0.717) is 6.42 Å². The molecule has 0 aliphatic heterocycles. The monoisotopic (exact) mass is 252 g/mol. The summed E-state index contributed by atoms with van der Waals surface area (Å²) in [5.74, 6) is 1.11. The number of hydrogen-bond acceptors (Lipinski definition) is 3. The van der Waals surface area contributed by atoms with Crippen molar-refractivity contribution in [3.05, 3.63) is 29.8 Å². The largest absolute Gasteiger partial charge is 0.359 e. The zero-order valence-corrected chi connectivity index (χ0v) is 11.3. The van der Waals surface area contributed by atoms with Crippen LogP contribution in [0.25, 0.3) is 0 Å². The molecule has 1 aromatic rings. The van der Waals surface area contributed by atoms with E-state index in [4.69, 9.17) is 0 Å². The molecule has 0 aliphatic rings. The molecule has 94 valence electrons. The van der Waals surface area contributed by atoms with Gasteiger partial charge in [0.15, 0.2) is 0 Å². The molecule has 0 aromatic heterocycles. The predicted octanol–water partition coefficient (Wildman–Crippen LogP) is 2.02. The molecule has 0 fully saturated rings. The average molecular weight is 252 g/mol. The summed E-state index contributed by atoms with van der Waals surface area (Å²) in [6.45, 7) is 0.904. The number of rotatable bonds is 7. The number of benzene rings is 1. The van der Waals surface area contributed by atoms with Gasteiger partial charge in [0.2, 0.25) is 5.91 Å². The van der Waals surface area contributed by atoms with Crippen LogP contribution in [0, 0.1) is 0 Å². The third-order valence-corrected chi connectivity index (χ3v) is 3.50. The van der Waals surface area contributed by atoms with Crippen LogP contribution in [0.4, 0.5) is 0 Å². The summed E-state index contributed by atoms with van der Waals surface area (Å²) in [6, 6.07) is 8.55. The number of nitrogens with one attached hydrogen (secondary N) is 2. The summed E-state index contributed by atoms with van der Waals surface area (Å²) in [6.07, 6.45) is 1.53. The van der Waals surface area contributed by atoms with Crippen LogP contribution in [0.1, 0.15) is 18.4 Å². The molecular formula is C13H20N2OS. The van der Waals surface area contributed by atoms with Gasteiger partial charge in [0.1, 0.15) is 0 Å².